The van der Waals surface area contributed by atoms with Gasteiger partial charge in [0.2, 0.25) is 0 Å². The molecule has 0 aliphatic carbocycles. The highest BCUT2D eigenvalue weighted by molar-refractivity contribution is 5.60. The number of nitrogens with zero attached hydrogens (tertiary/aromatic N) is 1. The van der Waals surface area contributed by atoms with Crippen LogP contribution in [-0.4, -0.2) is 5.16 Å². The number of hydrogen-bond donors (Lipinski definition) is 0. The molecule has 0 amide bonds. The fourth-order valence-electron chi connectivity index (χ4n) is 1.46. The Kier molecular flexibility index (Phi) is 3.03. The molecule has 1 heterocycles. The first-order chi connectivity index (χ1) is 8.68. The molecule has 0 saturated carbocycles. The Bertz CT molecular complexity index is 538. The van der Waals surface area contributed by atoms with Gasteiger partial charge in [-0.25, -0.2) is 0 Å². The van der Waals surface area contributed by atoms with Gasteiger partial charge in [-0.1, -0.05) is 5.16 Å². The van der Waals surface area contributed by atoms with Gasteiger partial charge in [-0.2, -0.15) is 26.3 Å². The molecular formula is C11H5F6NO. The van der Waals surface area contributed by atoms with Gasteiger partial charge in [-0.05, 0) is 18.2 Å². The molecule has 2 aromatic rings. The lowest BCUT2D eigenvalue weighted by Gasteiger charge is -2.13. The van der Waals surface area contributed by atoms with Crippen molar-refractivity contribution < 1.29 is 30.9 Å². The zero-order valence-electron chi connectivity index (χ0n) is 9.01. The Labute approximate surface area is 102 Å². The molecular weight excluding hydrogens is 276 g/mol. The molecule has 0 spiro atoms. The molecule has 2 rings (SSSR count). The van der Waals surface area contributed by atoms with Crippen LogP contribution in [0.4, 0.5) is 26.3 Å². The minimum atomic E-state index is -4.88. The first kappa shape index (κ1) is 13.4. The van der Waals surface area contributed by atoms with Gasteiger partial charge in [0.05, 0.1) is 17.3 Å². The lowest BCUT2D eigenvalue weighted by atomic mass is 10.0. The molecule has 19 heavy (non-hydrogen) atoms. The maximum absolute atomic E-state index is 12.6. The Morgan fingerprint density at radius 1 is 0.842 bits per heavy atom. The highest BCUT2D eigenvalue weighted by atomic mass is 19.4. The number of hydrogen-bond acceptors (Lipinski definition) is 2. The van der Waals surface area contributed by atoms with Crippen molar-refractivity contribution >= 4 is 0 Å². The normalized spacial score (nSPS) is 12.7. The summed E-state index contributed by atoms with van der Waals surface area (Å²) in [5, 5.41) is 3.24. The van der Waals surface area contributed by atoms with Crippen molar-refractivity contribution in [3.05, 3.63) is 41.6 Å². The Morgan fingerprint density at radius 3 is 1.74 bits per heavy atom. The summed E-state index contributed by atoms with van der Waals surface area (Å²) < 4.78 is 80.0. The highest BCUT2D eigenvalue weighted by Gasteiger charge is 2.37. The lowest BCUT2D eigenvalue weighted by Crippen LogP contribution is -2.11. The van der Waals surface area contributed by atoms with E-state index in [0.717, 1.165) is 6.20 Å². The second-order valence-electron chi connectivity index (χ2n) is 3.67. The van der Waals surface area contributed by atoms with Crippen LogP contribution in [0.15, 0.2) is 35.0 Å². The predicted octanol–water partition coefficient (Wildman–Crippen LogP) is 4.38. The molecule has 0 radical (unpaired) electrons. The highest BCUT2D eigenvalue weighted by Crippen LogP contribution is 2.38. The maximum Gasteiger partial charge on any atom is 0.416 e. The molecule has 1 aromatic carbocycles. The second-order valence-corrected chi connectivity index (χ2v) is 3.67. The van der Waals surface area contributed by atoms with Crippen LogP contribution in [-0.2, 0) is 12.4 Å². The molecule has 1 aromatic heterocycles. The summed E-state index contributed by atoms with van der Waals surface area (Å²) in [6, 6.07) is 2.39. The summed E-state index contributed by atoms with van der Waals surface area (Å²) in [5.74, 6) is -0.170. The molecule has 8 heteroatoms. The summed E-state index contributed by atoms with van der Waals surface area (Å²) >= 11 is 0. The van der Waals surface area contributed by atoms with Gasteiger partial charge in [0.25, 0.3) is 0 Å². The first-order valence-corrected chi connectivity index (χ1v) is 4.88. The van der Waals surface area contributed by atoms with Crippen molar-refractivity contribution in [1.82, 2.24) is 5.16 Å². The van der Waals surface area contributed by atoms with E-state index in [1.54, 1.807) is 0 Å². The number of alkyl halides is 6. The van der Waals surface area contributed by atoms with Gasteiger partial charge < -0.3 is 4.52 Å². The van der Waals surface area contributed by atoms with Crippen LogP contribution < -0.4 is 0 Å². The van der Waals surface area contributed by atoms with E-state index in [1.807, 2.05) is 0 Å². The fraction of sp³-hybridized carbons (Fsp3) is 0.182. The van der Waals surface area contributed by atoms with E-state index in [-0.39, 0.29) is 17.4 Å². The van der Waals surface area contributed by atoms with E-state index < -0.39 is 23.5 Å². The summed E-state index contributed by atoms with van der Waals surface area (Å²) in [6.07, 6.45) is -8.63. The molecule has 0 fully saturated rings. The number of aromatic nitrogens is 1. The van der Waals surface area contributed by atoms with Gasteiger partial charge in [0.15, 0.2) is 5.76 Å². The molecule has 0 aliphatic rings. The minimum Gasteiger partial charge on any atom is -0.356 e. The predicted molar refractivity (Wildman–Crippen MR) is 51.9 cm³/mol. The van der Waals surface area contributed by atoms with E-state index in [1.165, 1.54) is 6.07 Å². The average molecular weight is 281 g/mol. The second kappa shape index (κ2) is 4.29. The third-order valence-corrected chi connectivity index (χ3v) is 2.31. The number of rotatable bonds is 1. The molecule has 0 unspecified atom stereocenters. The standard InChI is InChI=1S/C11H5F6NO/c12-10(13,14)7-3-6(9-1-2-18-19-9)4-8(5-7)11(15,16)17/h1-5H. The molecule has 0 atom stereocenters. The monoisotopic (exact) mass is 281 g/mol. The minimum absolute atomic E-state index is 0.0554. The van der Waals surface area contributed by atoms with Crippen molar-refractivity contribution in [3.63, 3.8) is 0 Å². The van der Waals surface area contributed by atoms with E-state index in [4.69, 9.17) is 0 Å². The quantitative estimate of drug-likeness (QED) is 0.725. The summed E-state index contributed by atoms with van der Waals surface area (Å²) in [6.45, 7) is 0. The molecule has 102 valence electrons. The average Bonchev–Trinajstić information content (AvgIpc) is 2.79. The van der Waals surface area contributed by atoms with Crippen molar-refractivity contribution in [2.75, 3.05) is 0 Å². The number of benzene rings is 1. The van der Waals surface area contributed by atoms with Crippen LogP contribution in [0.1, 0.15) is 11.1 Å². The first-order valence-electron chi connectivity index (χ1n) is 4.88. The SMILES string of the molecule is FC(F)(F)c1cc(-c2ccno2)cc(C(F)(F)F)c1. The van der Waals surface area contributed by atoms with Crippen LogP contribution >= 0.6 is 0 Å². The Balaban J connectivity index is 2.62. The van der Waals surface area contributed by atoms with Crippen LogP contribution in [0.5, 0.6) is 0 Å². The van der Waals surface area contributed by atoms with Gasteiger partial charge in [-0.3, -0.25) is 0 Å². The lowest BCUT2D eigenvalue weighted by molar-refractivity contribution is -0.143. The molecule has 0 bridgehead atoms. The zero-order valence-corrected chi connectivity index (χ0v) is 9.01. The molecule has 2 nitrogen and oxygen atoms in total. The Hall–Kier alpha value is -1.99. The zero-order chi connectivity index (χ0) is 14.3. The smallest absolute Gasteiger partial charge is 0.356 e. The molecule has 0 saturated heterocycles. The van der Waals surface area contributed by atoms with Crippen molar-refractivity contribution in [1.29, 1.82) is 0 Å². The summed E-state index contributed by atoms with van der Waals surface area (Å²) in [7, 11) is 0. The van der Waals surface area contributed by atoms with Crippen molar-refractivity contribution in [3.8, 4) is 11.3 Å². The van der Waals surface area contributed by atoms with Crippen LogP contribution in [0.2, 0.25) is 0 Å². The third kappa shape index (κ3) is 2.88. The van der Waals surface area contributed by atoms with Gasteiger partial charge >= 0.3 is 12.4 Å². The van der Waals surface area contributed by atoms with Crippen LogP contribution in [0.25, 0.3) is 11.3 Å². The van der Waals surface area contributed by atoms with Gasteiger partial charge in [-0.15, -0.1) is 0 Å². The van der Waals surface area contributed by atoms with E-state index in [9.17, 15) is 26.3 Å². The van der Waals surface area contributed by atoms with E-state index in [2.05, 4.69) is 9.68 Å². The van der Waals surface area contributed by atoms with Crippen LogP contribution in [0.3, 0.4) is 0 Å². The third-order valence-electron chi connectivity index (χ3n) is 2.31. The van der Waals surface area contributed by atoms with Gasteiger partial charge in [0.1, 0.15) is 0 Å². The van der Waals surface area contributed by atoms with Gasteiger partial charge in [0, 0.05) is 11.6 Å². The van der Waals surface area contributed by atoms with Crippen molar-refractivity contribution in [2.24, 2.45) is 0 Å². The summed E-state index contributed by atoms with van der Waals surface area (Å²) in [5.41, 5.74) is -3.12. The van der Waals surface area contributed by atoms with E-state index >= 15 is 0 Å². The molecule has 0 N–H and O–H groups in total. The molecule has 0 aliphatic heterocycles. The largest absolute Gasteiger partial charge is 0.416 e. The van der Waals surface area contributed by atoms with E-state index in [0.29, 0.717) is 12.1 Å². The number of halogens is 6. The van der Waals surface area contributed by atoms with Crippen molar-refractivity contribution in [2.45, 2.75) is 12.4 Å². The fourth-order valence-corrected chi connectivity index (χ4v) is 1.46. The topological polar surface area (TPSA) is 26.0 Å². The Morgan fingerprint density at radius 2 is 1.37 bits per heavy atom. The summed E-state index contributed by atoms with van der Waals surface area (Å²) in [4.78, 5) is 0. The maximum atomic E-state index is 12.6. The van der Waals surface area contributed by atoms with Crippen LogP contribution in [0, 0.1) is 0 Å².